The van der Waals surface area contributed by atoms with E-state index in [2.05, 4.69) is 0 Å². The van der Waals surface area contributed by atoms with Gasteiger partial charge in [0.05, 0.1) is 36.1 Å². The van der Waals surface area contributed by atoms with Crippen molar-refractivity contribution in [3.8, 4) is 0 Å². The molecule has 1 N–H and O–H groups in total. The smallest absolute Gasteiger partial charge is 0.333 e. The molecule has 7 heteroatoms. The van der Waals surface area contributed by atoms with Crippen molar-refractivity contribution in [3.63, 3.8) is 0 Å². The summed E-state index contributed by atoms with van der Waals surface area (Å²) in [5.74, 6) is -0.391. The highest BCUT2D eigenvalue weighted by atomic mass is 35.5. The SMILES string of the molecule is CCOC(=O)/C=C1/SCC(=O)N1CC(O)c1ccc(Cl)cc1. The van der Waals surface area contributed by atoms with Crippen LogP contribution < -0.4 is 0 Å². The zero-order valence-corrected chi connectivity index (χ0v) is 13.6. The van der Waals surface area contributed by atoms with Crippen molar-refractivity contribution >= 4 is 35.2 Å². The Morgan fingerprint density at radius 3 is 2.82 bits per heavy atom. The Labute approximate surface area is 137 Å². The summed E-state index contributed by atoms with van der Waals surface area (Å²) in [6.07, 6.45) is 0.429. The Morgan fingerprint density at radius 2 is 2.18 bits per heavy atom. The number of carbonyl (C=O) groups is 2. The molecule has 1 fully saturated rings. The van der Waals surface area contributed by atoms with E-state index in [9.17, 15) is 14.7 Å². The Kier molecular flexibility index (Phi) is 5.88. The molecule has 1 heterocycles. The number of rotatable bonds is 5. The van der Waals surface area contributed by atoms with Gasteiger partial charge in [0.1, 0.15) is 0 Å². The number of aliphatic hydroxyl groups is 1. The third-order valence-electron chi connectivity index (χ3n) is 3.05. The van der Waals surface area contributed by atoms with E-state index < -0.39 is 12.1 Å². The van der Waals surface area contributed by atoms with Gasteiger partial charge in [-0.3, -0.25) is 4.79 Å². The topological polar surface area (TPSA) is 66.8 Å². The number of thioether (sulfide) groups is 1. The summed E-state index contributed by atoms with van der Waals surface area (Å²) in [4.78, 5) is 24.8. The number of nitrogens with zero attached hydrogens (tertiary/aromatic N) is 1. The number of β-amino-alcohol motifs (C(OH)–C–C–N with tert-alkyl or cyclic N) is 1. The predicted molar refractivity (Wildman–Crippen MR) is 85.3 cm³/mol. The second-order valence-corrected chi connectivity index (χ2v) is 6.03. The molecule has 0 bridgehead atoms. The van der Waals surface area contributed by atoms with E-state index >= 15 is 0 Å². The molecule has 0 spiro atoms. The second-order valence-electron chi connectivity index (χ2n) is 4.59. The lowest BCUT2D eigenvalue weighted by Crippen LogP contribution is -2.29. The Morgan fingerprint density at radius 1 is 1.50 bits per heavy atom. The summed E-state index contributed by atoms with van der Waals surface area (Å²) < 4.78 is 4.85. The summed E-state index contributed by atoms with van der Waals surface area (Å²) in [7, 11) is 0. The van der Waals surface area contributed by atoms with Crippen LogP contribution in [0.2, 0.25) is 5.02 Å². The fourth-order valence-electron chi connectivity index (χ4n) is 1.97. The van der Waals surface area contributed by atoms with Crippen LogP contribution >= 0.6 is 23.4 Å². The van der Waals surface area contributed by atoms with E-state index in [4.69, 9.17) is 16.3 Å². The maximum absolute atomic E-state index is 11.9. The monoisotopic (exact) mass is 341 g/mol. The number of hydrogen-bond donors (Lipinski definition) is 1. The summed E-state index contributed by atoms with van der Waals surface area (Å²) in [5, 5.41) is 11.3. The van der Waals surface area contributed by atoms with Gasteiger partial charge in [-0.1, -0.05) is 35.5 Å². The van der Waals surface area contributed by atoms with Crippen molar-refractivity contribution < 1.29 is 19.4 Å². The number of halogens is 1. The lowest BCUT2D eigenvalue weighted by atomic mass is 10.1. The molecule has 2 rings (SSSR count). The fourth-order valence-corrected chi connectivity index (χ4v) is 3.04. The summed E-state index contributed by atoms with van der Waals surface area (Å²) in [5.41, 5.74) is 0.657. The number of hydrogen-bond acceptors (Lipinski definition) is 5. The van der Waals surface area contributed by atoms with E-state index in [0.29, 0.717) is 15.6 Å². The molecule has 1 aliphatic rings. The molecular weight excluding hydrogens is 326 g/mol. The van der Waals surface area contributed by atoms with E-state index in [1.807, 2.05) is 0 Å². The van der Waals surface area contributed by atoms with Crippen LogP contribution in [-0.2, 0) is 14.3 Å². The molecule has 1 aliphatic heterocycles. The van der Waals surface area contributed by atoms with Crippen LogP contribution in [0.15, 0.2) is 35.4 Å². The zero-order chi connectivity index (χ0) is 16.1. The highest BCUT2D eigenvalue weighted by Crippen LogP contribution is 2.31. The van der Waals surface area contributed by atoms with E-state index in [-0.39, 0.29) is 24.8 Å². The minimum Gasteiger partial charge on any atom is -0.463 e. The zero-order valence-electron chi connectivity index (χ0n) is 12.0. The minimum absolute atomic E-state index is 0.0820. The Bertz CT molecular complexity index is 588. The molecule has 0 aliphatic carbocycles. The van der Waals surface area contributed by atoms with Crippen molar-refractivity contribution in [1.82, 2.24) is 4.90 Å². The largest absolute Gasteiger partial charge is 0.463 e. The van der Waals surface area contributed by atoms with Gasteiger partial charge in [-0.15, -0.1) is 0 Å². The van der Waals surface area contributed by atoms with Crippen molar-refractivity contribution in [2.45, 2.75) is 13.0 Å². The third-order valence-corrected chi connectivity index (χ3v) is 4.33. The van der Waals surface area contributed by atoms with Crippen LogP contribution in [0.25, 0.3) is 0 Å². The predicted octanol–water partition coefficient (Wildman–Crippen LogP) is 2.35. The molecule has 1 unspecified atom stereocenters. The highest BCUT2D eigenvalue weighted by Gasteiger charge is 2.29. The van der Waals surface area contributed by atoms with E-state index in [0.717, 1.165) is 0 Å². The second kappa shape index (κ2) is 7.67. The first-order valence-electron chi connectivity index (χ1n) is 6.76. The lowest BCUT2D eigenvalue weighted by molar-refractivity contribution is -0.137. The third kappa shape index (κ3) is 4.25. The molecule has 22 heavy (non-hydrogen) atoms. The highest BCUT2D eigenvalue weighted by molar-refractivity contribution is 8.04. The number of carbonyl (C=O) groups excluding carboxylic acids is 2. The average molecular weight is 342 g/mol. The van der Waals surface area contributed by atoms with Crippen LogP contribution in [0, 0.1) is 0 Å². The van der Waals surface area contributed by atoms with Gasteiger partial charge >= 0.3 is 5.97 Å². The molecule has 0 saturated carbocycles. The molecule has 5 nitrogen and oxygen atoms in total. The minimum atomic E-state index is -0.856. The van der Waals surface area contributed by atoms with Crippen molar-refractivity contribution in [2.24, 2.45) is 0 Å². The van der Waals surface area contributed by atoms with Gasteiger partial charge in [0, 0.05) is 5.02 Å². The van der Waals surface area contributed by atoms with Gasteiger partial charge < -0.3 is 14.7 Å². The van der Waals surface area contributed by atoms with Crippen LogP contribution in [0.4, 0.5) is 0 Å². The Balaban J connectivity index is 2.09. The van der Waals surface area contributed by atoms with Gasteiger partial charge in [0.15, 0.2) is 0 Å². The molecule has 0 radical (unpaired) electrons. The van der Waals surface area contributed by atoms with Crippen molar-refractivity contribution in [2.75, 3.05) is 18.9 Å². The van der Waals surface area contributed by atoms with E-state index in [1.54, 1.807) is 31.2 Å². The number of ether oxygens (including phenoxy) is 1. The summed E-state index contributed by atoms with van der Waals surface area (Å²) >= 11 is 7.07. The number of amides is 1. The molecule has 1 aromatic rings. The molecule has 1 amide bonds. The van der Waals surface area contributed by atoms with Gasteiger partial charge in [0.25, 0.3) is 0 Å². The van der Waals surface area contributed by atoms with Gasteiger partial charge in [0.2, 0.25) is 5.91 Å². The quantitative estimate of drug-likeness (QED) is 0.657. The summed E-state index contributed by atoms with van der Waals surface area (Å²) in [6.45, 7) is 2.07. The first-order chi connectivity index (χ1) is 10.5. The van der Waals surface area contributed by atoms with Gasteiger partial charge in [-0.2, -0.15) is 0 Å². The normalized spacial score (nSPS) is 17.9. The van der Waals surface area contributed by atoms with Crippen LogP contribution in [0.3, 0.4) is 0 Å². The maximum atomic E-state index is 11.9. The van der Waals surface area contributed by atoms with Gasteiger partial charge in [-0.05, 0) is 24.6 Å². The molecule has 1 atom stereocenters. The molecule has 118 valence electrons. The number of esters is 1. The van der Waals surface area contributed by atoms with Crippen LogP contribution in [-0.4, -0.2) is 40.8 Å². The Hall–Kier alpha value is -1.50. The molecule has 1 aromatic carbocycles. The van der Waals surface area contributed by atoms with Gasteiger partial charge in [-0.25, -0.2) is 4.79 Å². The summed E-state index contributed by atoms with van der Waals surface area (Å²) in [6, 6.07) is 6.76. The lowest BCUT2D eigenvalue weighted by Gasteiger charge is -2.21. The van der Waals surface area contributed by atoms with Crippen molar-refractivity contribution in [3.05, 3.63) is 46.0 Å². The first-order valence-corrected chi connectivity index (χ1v) is 8.12. The van der Waals surface area contributed by atoms with Crippen molar-refractivity contribution in [1.29, 1.82) is 0 Å². The molecular formula is C15H16ClNO4S. The molecule has 0 aromatic heterocycles. The van der Waals surface area contributed by atoms with Crippen LogP contribution in [0.5, 0.6) is 0 Å². The average Bonchev–Trinajstić information content (AvgIpc) is 2.81. The fraction of sp³-hybridized carbons (Fsp3) is 0.333. The van der Waals surface area contributed by atoms with Crippen LogP contribution in [0.1, 0.15) is 18.6 Å². The maximum Gasteiger partial charge on any atom is 0.333 e. The standard InChI is InChI=1S/C15H16ClNO4S/c1-2-21-15(20)7-14-17(13(19)9-22-14)8-12(18)10-3-5-11(16)6-4-10/h3-7,12,18H,2,8-9H2,1H3/b14-7+. The first kappa shape index (κ1) is 16.9. The van der Waals surface area contributed by atoms with E-state index in [1.165, 1.54) is 22.7 Å². The molecule has 1 saturated heterocycles. The number of benzene rings is 1. The number of aliphatic hydroxyl groups excluding tert-OH is 1.